The van der Waals surface area contributed by atoms with E-state index in [0.717, 1.165) is 0 Å². The zero-order valence-electron chi connectivity index (χ0n) is 21.9. The van der Waals surface area contributed by atoms with Crippen molar-refractivity contribution in [3.8, 4) is 28.8 Å². The Bertz CT molecular complexity index is 1770. The number of benzene rings is 2. The molecule has 1 aliphatic carbocycles. The van der Waals surface area contributed by atoms with Crippen molar-refractivity contribution in [2.45, 2.75) is 25.7 Å². The van der Waals surface area contributed by atoms with E-state index in [1.807, 2.05) is 0 Å². The third-order valence-electron chi connectivity index (χ3n) is 7.22. The minimum absolute atomic E-state index is 0.0135. The summed E-state index contributed by atoms with van der Waals surface area (Å²) in [6.45, 7) is 0. The number of ketones is 2. The van der Waals surface area contributed by atoms with E-state index in [4.69, 9.17) is 25.5 Å². The van der Waals surface area contributed by atoms with Crippen LogP contribution in [0.25, 0.3) is 22.4 Å². The molecular weight excluding hydrogens is 549 g/mol. The second kappa shape index (κ2) is 10.7. The number of oxazole rings is 1. The van der Waals surface area contributed by atoms with Gasteiger partial charge in [0.25, 0.3) is 0 Å². The zero-order chi connectivity index (χ0) is 28.6. The van der Waals surface area contributed by atoms with Crippen molar-refractivity contribution < 1.29 is 27.9 Å². The lowest BCUT2D eigenvalue weighted by Crippen LogP contribution is -2.29. The van der Waals surface area contributed by atoms with E-state index in [1.54, 1.807) is 55.9 Å². The number of aromatic nitrogens is 3. The molecule has 5 aromatic rings. The summed E-state index contributed by atoms with van der Waals surface area (Å²) in [5.74, 6) is 0.822. The van der Waals surface area contributed by atoms with Gasteiger partial charge in [-0.15, -0.1) is 0 Å². The molecule has 10 heteroatoms. The second-order valence-electron chi connectivity index (χ2n) is 9.86. The number of carbonyl (C=O) groups is 2. The Balaban J connectivity index is 1.20. The van der Waals surface area contributed by atoms with E-state index in [-0.39, 0.29) is 41.1 Å². The maximum absolute atomic E-state index is 13.2. The van der Waals surface area contributed by atoms with Crippen molar-refractivity contribution in [1.29, 1.82) is 0 Å². The van der Waals surface area contributed by atoms with Crippen LogP contribution in [0.1, 0.15) is 24.0 Å². The maximum Gasteiger partial charge on any atom is 0.238 e. The van der Waals surface area contributed by atoms with Crippen LogP contribution >= 0.6 is 11.6 Å². The number of fused-ring (bicyclic) bond motifs is 1. The number of rotatable bonds is 10. The first-order valence-corrected chi connectivity index (χ1v) is 13.2. The standard InChI is InChI=1S/C31H23ClFN3O5/c1-39-26-16-24-21(15-22(26)29-35-10-11-40-29)25(6-9-34-24)41-30-23(32)12-19(17-36-30)14-28(38)31(7-8-31)27(37)13-18-2-4-20(33)5-3-18/h2-6,9-12,15-17H,7-8,13-14H2,1H3. The third kappa shape index (κ3) is 5.28. The van der Waals surface area contributed by atoms with Crippen LogP contribution in [-0.4, -0.2) is 33.6 Å². The lowest BCUT2D eigenvalue weighted by atomic mass is 9.88. The van der Waals surface area contributed by atoms with Crippen molar-refractivity contribution in [2.24, 2.45) is 5.41 Å². The number of Topliss-reactive ketones (excluding diaryl/α,β-unsaturated/α-hetero) is 2. The predicted octanol–water partition coefficient (Wildman–Crippen LogP) is 6.58. The molecule has 2 aromatic carbocycles. The number of ether oxygens (including phenoxy) is 2. The van der Waals surface area contributed by atoms with Crippen LogP contribution in [0.15, 0.2) is 77.8 Å². The molecule has 0 N–H and O–H groups in total. The van der Waals surface area contributed by atoms with E-state index in [2.05, 4.69) is 15.0 Å². The number of hydrogen-bond acceptors (Lipinski definition) is 8. The summed E-state index contributed by atoms with van der Waals surface area (Å²) in [6, 6.07) is 12.6. The SMILES string of the molecule is COc1cc2nccc(Oc3ncc(CC(=O)C4(C(=O)Cc5ccc(F)cc5)CC4)cc3Cl)c2cc1-c1ncco1. The predicted molar refractivity (Wildman–Crippen MR) is 149 cm³/mol. The number of nitrogens with zero attached hydrogens (tertiary/aromatic N) is 3. The zero-order valence-corrected chi connectivity index (χ0v) is 22.7. The van der Waals surface area contributed by atoms with Crippen LogP contribution in [-0.2, 0) is 22.4 Å². The molecule has 1 fully saturated rings. The number of hydrogen-bond donors (Lipinski definition) is 0. The average molecular weight is 572 g/mol. The number of carbonyl (C=O) groups excluding carboxylic acids is 2. The Hall–Kier alpha value is -4.63. The van der Waals surface area contributed by atoms with Gasteiger partial charge < -0.3 is 13.9 Å². The molecular formula is C31H23ClFN3O5. The van der Waals surface area contributed by atoms with Crippen molar-refractivity contribution in [3.63, 3.8) is 0 Å². The van der Waals surface area contributed by atoms with Gasteiger partial charge in [0.1, 0.15) is 28.6 Å². The Labute approximate surface area is 239 Å². The van der Waals surface area contributed by atoms with Crippen molar-refractivity contribution in [3.05, 3.63) is 95.4 Å². The van der Waals surface area contributed by atoms with Gasteiger partial charge in [0.05, 0.1) is 29.8 Å². The van der Waals surface area contributed by atoms with Gasteiger partial charge >= 0.3 is 0 Å². The summed E-state index contributed by atoms with van der Waals surface area (Å²) in [7, 11) is 1.55. The normalized spacial score (nSPS) is 13.6. The molecule has 1 aliphatic rings. The third-order valence-corrected chi connectivity index (χ3v) is 7.49. The summed E-state index contributed by atoms with van der Waals surface area (Å²) in [5, 5.41) is 0.873. The molecule has 0 spiro atoms. The molecule has 0 aliphatic heterocycles. The van der Waals surface area contributed by atoms with Crippen LogP contribution in [0.2, 0.25) is 5.02 Å². The molecule has 41 heavy (non-hydrogen) atoms. The smallest absolute Gasteiger partial charge is 0.238 e. The molecule has 0 amide bonds. The Morgan fingerprint density at radius 2 is 1.71 bits per heavy atom. The lowest BCUT2D eigenvalue weighted by molar-refractivity contribution is -0.133. The largest absolute Gasteiger partial charge is 0.496 e. The molecule has 6 rings (SSSR count). The lowest BCUT2D eigenvalue weighted by Gasteiger charge is -2.14. The van der Waals surface area contributed by atoms with Gasteiger partial charge in [-0.2, -0.15) is 0 Å². The molecule has 0 bridgehead atoms. The summed E-state index contributed by atoms with van der Waals surface area (Å²) in [6.07, 6.45) is 7.24. The number of pyridine rings is 2. The van der Waals surface area contributed by atoms with E-state index in [1.165, 1.54) is 24.6 Å². The molecule has 8 nitrogen and oxygen atoms in total. The van der Waals surface area contributed by atoms with E-state index >= 15 is 0 Å². The van der Waals surface area contributed by atoms with Crippen LogP contribution in [0.4, 0.5) is 4.39 Å². The quantitative estimate of drug-likeness (QED) is 0.173. The molecule has 1 saturated carbocycles. The molecule has 3 heterocycles. The van der Waals surface area contributed by atoms with Crippen LogP contribution in [0.5, 0.6) is 17.4 Å². The van der Waals surface area contributed by atoms with Crippen molar-refractivity contribution >= 4 is 34.1 Å². The fraction of sp³-hybridized carbons (Fsp3) is 0.194. The summed E-state index contributed by atoms with van der Waals surface area (Å²) < 4.78 is 30.3. The van der Waals surface area contributed by atoms with Gasteiger partial charge in [0.2, 0.25) is 11.8 Å². The first-order valence-electron chi connectivity index (χ1n) is 12.9. The molecule has 3 aromatic heterocycles. The summed E-state index contributed by atoms with van der Waals surface area (Å²) >= 11 is 6.53. The molecule has 0 saturated heterocycles. The Morgan fingerprint density at radius 1 is 0.951 bits per heavy atom. The van der Waals surface area contributed by atoms with Gasteiger partial charge in [0, 0.05) is 36.7 Å². The minimum Gasteiger partial charge on any atom is -0.496 e. The van der Waals surface area contributed by atoms with Crippen molar-refractivity contribution in [2.75, 3.05) is 7.11 Å². The summed E-state index contributed by atoms with van der Waals surface area (Å²) in [4.78, 5) is 39.2. The molecule has 206 valence electrons. The fourth-order valence-corrected chi connectivity index (χ4v) is 5.05. The van der Waals surface area contributed by atoms with Gasteiger partial charge in [0.15, 0.2) is 11.6 Å². The van der Waals surface area contributed by atoms with Gasteiger partial charge in [-0.25, -0.2) is 14.4 Å². The molecule has 0 unspecified atom stereocenters. The van der Waals surface area contributed by atoms with Crippen LogP contribution in [0.3, 0.4) is 0 Å². The first-order chi connectivity index (χ1) is 19.9. The highest BCUT2D eigenvalue weighted by Crippen LogP contribution is 2.49. The highest BCUT2D eigenvalue weighted by Gasteiger charge is 2.54. The second-order valence-corrected chi connectivity index (χ2v) is 10.3. The number of methoxy groups -OCH3 is 1. The van der Waals surface area contributed by atoms with Gasteiger partial charge in [-0.1, -0.05) is 23.7 Å². The van der Waals surface area contributed by atoms with E-state index in [9.17, 15) is 14.0 Å². The monoisotopic (exact) mass is 571 g/mol. The van der Waals surface area contributed by atoms with E-state index < -0.39 is 5.41 Å². The maximum atomic E-state index is 13.2. The topological polar surface area (TPSA) is 104 Å². The molecule has 0 radical (unpaired) electrons. The van der Waals surface area contributed by atoms with Crippen molar-refractivity contribution in [1.82, 2.24) is 15.0 Å². The Kier molecular flexibility index (Phi) is 6.96. The Morgan fingerprint density at radius 3 is 2.37 bits per heavy atom. The van der Waals surface area contributed by atoms with Crippen LogP contribution < -0.4 is 9.47 Å². The average Bonchev–Trinajstić information content (AvgIpc) is 3.62. The van der Waals surface area contributed by atoms with Crippen LogP contribution in [0, 0.1) is 11.2 Å². The van der Waals surface area contributed by atoms with Gasteiger partial charge in [-0.05, 0) is 54.3 Å². The molecule has 0 atom stereocenters. The first kappa shape index (κ1) is 26.6. The minimum atomic E-state index is -1.01. The fourth-order valence-electron chi connectivity index (χ4n) is 4.82. The van der Waals surface area contributed by atoms with E-state index in [0.29, 0.717) is 57.8 Å². The highest BCUT2D eigenvalue weighted by molar-refractivity contribution is 6.32. The van der Waals surface area contributed by atoms with Gasteiger partial charge in [-0.3, -0.25) is 14.6 Å². The summed E-state index contributed by atoms with van der Waals surface area (Å²) in [5.41, 5.74) is 1.49. The number of halogens is 2. The highest BCUT2D eigenvalue weighted by atomic mass is 35.5.